The van der Waals surface area contributed by atoms with Crippen LogP contribution in [0.4, 0.5) is 0 Å². The Balaban J connectivity index is 2.21. The van der Waals surface area contributed by atoms with Gasteiger partial charge in [0, 0.05) is 0 Å². The molecule has 1 aliphatic rings. The highest BCUT2D eigenvalue weighted by atomic mass is 16.7. The summed E-state index contributed by atoms with van der Waals surface area (Å²) in [6.07, 6.45) is 14.4. The van der Waals surface area contributed by atoms with Gasteiger partial charge in [0.25, 0.3) is 0 Å². The average molecular weight is 340 g/mol. The second-order valence-corrected chi connectivity index (χ2v) is 6.57. The molecule has 1 unspecified atom stereocenters. The number of nitrogens with two attached hydrogens (primary N) is 2. The minimum absolute atomic E-state index is 0.136. The Hall–Kier alpha value is -1.30. The number of unbranched alkanes of at least 4 members (excludes halogenated alkanes) is 9. The molecular weight excluding hydrogens is 302 g/mol. The third kappa shape index (κ3) is 8.52. The van der Waals surface area contributed by atoms with Crippen LogP contribution < -0.4 is 11.5 Å². The van der Waals surface area contributed by atoms with Gasteiger partial charge in [0.05, 0.1) is 6.61 Å². The van der Waals surface area contributed by atoms with Gasteiger partial charge in [-0.2, -0.15) is 10.1 Å². The summed E-state index contributed by atoms with van der Waals surface area (Å²) < 4.78 is 0. The van der Waals surface area contributed by atoms with Crippen LogP contribution in [0, 0.1) is 0 Å². The van der Waals surface area contributed by atoms with E-state index in [1.165, 1.54) is 57.8 Å². The fraction of sp³-hybridized carbons (Fsp3) is 0.889. The summed E-state index contributed by atoms with van der Waals surface area (Å²) in [5, 5.41) is 1.65. The number of aliphatic imine (C=N–C) groups is 2. The molecule has 0 aromatic rings. The third-order valence-corrected chi connectivity index (χ3v) is 4.30. The number of rotatable bonds is 14. The summed E-state index contributed by atoms with van der Waals surface area (Å²) >= 11 is 0. The van der Waals surface area contributed by atoms with Gasteiger partial charge in [0.15, 0.2) is 6.17 Å². The van der Waals surface area contributed by atoms with E-state index in [1.54, 1.807) is 5.06 Å². The van der Waals surface area contributed by atoms with Gasteiger partial charge >= 0.3 is 0 Å². The molecule has 140 valence electrons. The van der Waals surface area contributed by atoms with E-state index in [-0.39, 0.29) is 12.1 Å². The molecule has 0 radical (unpaired) electrons. The molecule has 24 heavy (non-hydrogen) atoms. The maximum atomic E-state index is 5.96. The van der Waals surface area contributed by atoms with Gasteiger partial charge in [-0.3, -0.25) is 4.84 Å². The maximum absolute atomic E-state index is 5.96. The van der Waals surface area contributed by atoms with E-state index in [9.17, 15) is 0 Å². The topological polar surface area (TPSA) is 89.2 Å². The van der Waals surface area contributed by atoms with Gasteiger partial charge in [0.2, 0.25) is 11.9 Å². The Morgan fingerprint density at radius 3 is 2.12 bits per heavy atom. The van der Waals surface area contributed by atoms with Gasteiger partial charge in [-0.1, -0.05) is 71.6 Å². The van der Waals surface area contributed by atoms with Crippen LogP contribution in [0.5, 0.6) is 0 Å². The van der Waals surface area contributed by atoms with E-state index >= 15 is 0 Å². The summed E-state index contributed by atoms with van der Waals surface area (Å²) in [6, 6.07) is 0. The normalized spacial score (nSPS) is 17.8. The van der Waals surface area contributed by atoms with Crippen LogP contribution in [0.1, 0.15) is 90.9 Å². The Labute approximate surface area is 147 Å². The maximum Gasteiger partial charge on any atom is 0.225 e. The molecule has 0 aromatic heterocycles. The molecule has 0 saturated heterocycles. The van der Waals surface area contributed by atoms with Crippen LogP contribution in [-0.4, -0.2) is 29.8 Å². The molecule has 6 heteroatoms. The summed E-state index contributed by atoms with van der Waals surface area (Å²) in [4.78, 5) is 14.2. The molecule has 0 amide bonds. The van der Waals surface area contributed by atoms with E-state index in [0.717, 1.165) is 19.3 Å². The Bertz CT molecular complexity index is 384. The molecule has 0 spiro atoms. The number of hydrogen-bond donors (Lipinski definition) is 2. The molecule has 1 aliphatic heterocycles. The number of hydroxylamine groups is 2. The van der Waals surface area contributed by atoms with Gasteiger partial charge in [-0.15, -0.1) is 0 Å². The molecule has 0 bridgehead atoms. The first-order chi connectivity index (χ1) is 11.7. The molecule has 1 atom stereocenters. The van der Waals surface area contributed by atoms with Gasteiger partial charge in [-0.05, 0) is 19.3 Å². The van der Waals surface area contributed by atoms with E-state index in [0.29, 0.717) is 12.6 Å². The van der Waals surface area contributed by atoms with Crippen LogP contribution in [0.3, 0.4) is 0 Å². The van der Waals surface area contributed by atoms with Crippen molar-refractivity contribution in [3.63, 3.8) is 0 Å². The van der Waals surface area contributed by atoms with E-state index in [2.05, 4.69) is 23.8 Å². The minimum atomic E-state index is -0.136. The molecule has 1 rings (SSSR count). The van der Waals surface area contributed by atoms with Crippen molar-refractivity contribution in [1.29, 1.82) is 0 Å². The highest BCUT2D eigenvalue weighted by Crippen LogP contribution is 2.16. The monoisotopic (exact) mass is 339 g/mol. The lowest BCUT2D eigenvalue weighted by Crippen LogP contribution is -2.48. The van der Waals surface area contributed by atoms with Crippen molar-refractivity contribution in [1.82, 2.24) is 5.06 Å². The van der Waals surface area contributed by atoms with E-state index in [4.69, 9.17) is 16.3 Å². The smallest absolute Gasteiger partial charge is 0.225 e. The lowest BCUT2D eigenvalue weighted by atomic mass is 10.1. The van der Waals surface area contributed by atoms with Crippen LogP contribution >= 0.6 is 0 Å². The Kier molecular flexibility index (Phi) is 11.3. The second kappa shape index (κ2) is 13.0. The number of hydrogen-bond acceptors (Lipinski definition) is 6. The number of nitrogens with zero attached hydrogens (tertiary/aromatic N) is 3. The fourth-order valence-corrected chi connectivity index (χ4v) is 2.86. The summed E-state index contributed by atoms with van der Waals surface area (Å²) in [5.41, 5.74) is 11.7. The average Bonchev–Trinajstić information content (AvgIpc) is 2.55. The second-order valence-electron chi connectivity index (χ2n) is 6.57. The lowest BCUT2D eigenvalue weighted by molar-refractivity contribution is -0.131. The molecule has 4 N–H and O–H groups in total. The zero-order valence-electron chi connectivity index (χ0n) is 15.7. The zero-order valence-corrected chi connectivity index (χ0v) is 15.7. The summed E-state index contributed by atoms with van der Waals surface area (Å²) in [5.74, 6) is 0.574. The standard InChI is InChI=1S/C18H37N5O/c1-3-5-7-8-9-10-11-13-15-24-23-16(14-12-6-4-2)21-17(19)22-18(23)20/h16H,3-15H2,1-2H3,(H4,19,20,21,22). The van der Waals surface area contributed by atoms with Crippen LogP contribution in [0.15, 0.2) is 9.98 Å². The fourth-order valence-electron chi connectivity index (χ4n) is 2.86. The van der Waals surface area contributed by atoms with Crippen LogP contribution in [0.25, 0.3) is 0 Å². The Morgan fingerprint density at radius 1 is 0.875 bits per heavy atom. The first-order valence-corrected chi connectivity index (χ1v) is 9.78. The van der Waals surface area contributed by atoms with Crippen molar-refractivity contribution in [2.24, 2.45) is 21.5 Å². The lowest BCUT2D eigenvalue weighted by Gasteiger charge is -2.31. The largest absolute Gasteiger partial charge is 0.368 e. The van der Waals surface area contributed by atoms with Crippen LogP contribution in [0.2, 0.25) is 0 Å². The molecule has 0 aliphatic carbocycles. The summed E-state index contributed by atoms with van der Waals surface area (Å²) in [7, 11) is 0. The third-order valence-electron chi connectivity index (χ3n) is 4.30. The predicted molar refractivity (Wildman–Crippen MR) is 102 cm³/mol. The molecule has 6 nitrogen and oxygen atoms in total. The van der Waals surface area contributed by atoms with Crippen molar-refractivity contribution in [3.05, 3.63) is 0 Å². The van der Waals surface area contributed by atoms with Crippen molar-refractivity contribution in [3.8, 4) is 0 Å². The van der Waals surface area contributed by atoms with Crippen LogP contribution in [-0.2, 0) is 4.84 Å². The van der Waals surface area contributed by atoms with E-state index in [1.807, 2.05) is 0 Å². The number of guanidine groups is 2. The quantitative estimate of drug-likeness (QED) is 0.470. The first kappa shape index (κ1) is 20.7. The van der Waals surface area contributed by atoms with Gasteiger partial charge in [-0.25, -0.2) is 4.99 Å². The van der Waals surface area contributed by atoms with Crippen molar-refractivity contribution < 1.29 is 4.84 Å². The minimum Gasteiger partial charge on any atom is -0.368 e. The van der Waals surface area contributed by atoms with Crippen molar-refractivity contribution in [2.75, 3.05) is 6.61 Å². The zero-order chi connectivity index (χ0) is 17.6. The van der Waals surface area contributed by atoms with Crippen molar-refractivity contribution >= 4 is 11.9 Å². The SMILES string of the molecule is CCCCCCCCCCON1C(N)=NC(N)=NC1CCCCC. The van der Waals surface area contributed by atoms with E-state index < -0.39 is 0 Å². The van der Waals surface area contributed by atoms with Gasteiger partial charge < -0.3 is 11.5 Å². The first-order valence-electron chi connectivity index (χ1n) is 9.78. The molecular formula is C18H37N5O. The molecule has 1 heterocycles. The molecule has 0 fully saturated rings. The van der Waals surface area contributed by atoms with Gasteiger partial charge in [0.1, 0.15) is 0 Å². The highest BCUT2D eigenvalue weighted by Gasteiger charge is 2.24. The predicted octanol–water partition coefficient (Wildman–Crippen LogP) is 3.91. The summed E-state index contributed by atoms with van der Waals surface area (Å²) in [6.45, 7) is 5.09. The highest BCUT2D eigenvalue weighted by molar-refractivity contribution is 5.94. The van der Waals surface area contributed by atoms with Crippen molar-refractivity contribution in [2.45, 2.75) is 97.1 Å². The molecule has 0 aromatic carbocycles. The Morgan fingerprint density at radius 2 is 1.46 bits per heavy atom. The molecule has 0 saturated carbocycles.